The Hall–Kier alpha value is -3.07. The Morgan fingerprint density at radius 3 is 2.16 bits per heavy atom. The van der Waals surface area contributed by atoms with Gasteiger partial charge in [-0.2, -0.15) is 0 Å². The molecule has 0 spiro atoms. The molecule has 0 N–H and O–H groups in total. The summed E-state index contributed by atoms with van der Waals surface area (Å²) in [5.41, 5.74) is 5.37. The number of fused-ring (bicyclic) bond motifs is 3. The van der Waals surface area contributed by atoms with Crippen molar-refractivity contribution >= 4 is 5.97 Å². The summed E-state index contributed by atoms with van der Waals surface area (Å²) in [6.45, 7) is 0.323. The summed E-state index contributed by atoms with van der Waals surface area (Å²) in [7, 11) is 1.58. The lowest BCUT2D eigenvalue weighted by Gasteiger charge is -2.14. The lowest BCUT2D eigenvalue weighted by molar-refractivity contribution is 0.0493. The van der Waals surface area contributed by atoms with E-state index in [1.165, 1.54) is 22.3 Å². The number of esters is 1. The Bertz CT molecular complexity index is 884. The van der Waals surface area contributed by atoms with Crippen LogP contribution in [0, 0.1) is 0 Å². The van der Waals surface area contributed by atoms with E-state index in [0.29, 0.717) is 17.9 Å². The monoisotopic (exact) mass is 330 g/mol. The van der Waals surface area contributed by atoms with Crippen LogP contribution in [0.1, 0.15) is 27.4 Å². The van der Waals surface area contributed by atoms with Crippen molar-refractivity contribution in [2.75, 3.05) is 13.7 Å². The summed E-state index contributed by atoms with van der Waals surface area (Å²) in [4.78, 5) is 12.4. The van der Waals surface area contributed by atoms with E-state index in [1.54, 1.807) is 31.4 Å². The normalized spacial score (nSPS) is 12.4. The van der Waals surface area contributed by atoms with Gasteiger partial charge in [0.25, 0.3) is 0 Å². The van der Waals surface area contributed by atoms with Gasteiger partial charge in [-0.3, -0.25) is 0 Å². The number of hydrogen-bond acceptors (Lipinski definition) is 3. The van der Waals surface area contributed by atoms with Crippen molar-refractivity contribution in [3.05, 3.63) is 89.5 Å². The van der Waals surface area contributed by atoms with Crippen LogP contribution in [0.25, 0.3) is 11.1 Å². The molecule has 0 heterocycles. The van der Waals surface area contributed by atoms with Gasteiger partial charge in [0, 0.05) is 5.92 Å². The van der Waals surface area contributed by atoms with Crippen LogP contribution in [-0.2, 0) is 4.74 Å². The van der Waals surface area contributed by atoms with Gasteiger partial charge in [0.2, 0.25) is 0 Å². The molecule has 25 heavy (non-hydrogen) atoms. The smallest absolute Gasteiger partial charge is 0.338 e. The lowest BCUT2D eigenvalue weighted by atomic mass is 9.98. The number of hydrogen-bond donors (Lipinski definition) is 0. The second-order valence-electron chi connectivity index (χ2n) is 6.06. The number of methoxy groups -OCH3 is 1. The summed E-state index contributed by atoms with van der Waals surface area (Å²) in [6, 6.07) is 23.6. The Morgan fingerprint density at radius 1 is 0.880 bits per heavy atom. The Balaban J connectivity index is 1.58. The van der Waals surface area contributed by atoms with Gasteiger partial charge in [-0.05, 0) is 40.5 Å². The van der Waals surface area contributed by atoms with Crippen LogP contribution in [0.2, 0.25) is 0 Å². The first-order valence-corrected chi connectivity index (χ1v) is 8.27. The van der Waals surface area contributed by atoms with E-state index in [-0.39, 0.29) is 11.9 Å². The van der Waals surface area contributed by atoms with Crippen molar-refractivity contribution in [1.82, 2.24) is 0 Å². The fourth-order valence-electron chi connectivity index (χ4n) is 3.43. The zero-order valence-corrected chi connectivity index (χ0v) is 13.9. The largest absolute Gasteiger partial charge is 0.497 e. The Kier molecular flexibility index (Phi) is 3.98. The third kappa shape index (κ3) is 2.78. The quantitative estimate of drug-likeness (QED) is 0.652. The molecule has 0 bridgehead atoms. The molecule has 0 fully saturated rings. The fraction of sp³-hybridized carbons (Fsp3) is 0.136. The standard InChI is InChI=1S/C22H18O3/c1-24-16-8-6-7-15(13-16)22(23)25-14-21-19-11-4-2-9-17(19)18-10-3-5-12-20(18)21/h2-13,21H,14H2,1H3. The molecule has 0 saturated carbocycles. The molecule has 1 aliphatic rings. The first-order chi connectivity index (χ1) is 12.3. The highest BCUT2D eigenvalue weighted by molar-refractivity contribution is 5.90. The SMILES string of the molecule is COc1cccc(C(=O)OCC2c3ccccc3-c3ccccc32)c1. The molecule has 0 aromatic heterocycles. The van der Waals surface area contributed by atoms with Crippen molar-refractivity contribution in [1.29, 1.82) is 0 Å². The molecule has 124 valence electrons. The van der Waals surface area contributed by atoms with Crippen LogP contribution in [0.3, 0.4) is 0 Å². The molecule has 3 nitrogen and oxygen atoms in total. The lowest BCUT2D eigenvalue weighted by Crippen LogP contribution is -2.12. The molecule has 0 amide bonds. The van der Waals surface area contributed by atoms with Gasteiger partial charge in [0.15, 0.2) is 0 Å². The number of carbonyl (C=O) groups is 1. The number of ether oxygens (including phenoxy) is 2. The molecular weight excluding hydrogens is 312 g/mol. The van der Waals surface area contributed by atoms with E-state index in [1.807, 2.05) is 24.3 Å². The summed E-state index contributed by atoms with van der Waals surface area (Å²) in [6.07, 6.45) is 0. The predicted octanol–water partition coefficient (Wildman–Crippen LogP) is 4.66. The van der Waals surface area contributed by atoms with Gasteiger partial charge in [-0.15, -0.1) is 0 Å². The first-order valence-electron chi connectivity index (χ1n) is 8.27. The second kappa shape index (κ2) is 6.44. The van der Waals surface area contributed by atoms with Crippen molar-refractivity contribution in [3.63, 3.8) is 0 Å². The zero-order valence-electron chi connectivity index (χ0n) is 13.9. The maximum atomic E-state index is 12.4. The van der Waals surface area contributed by atoms with Gasteiger partial charge < -0.3 is 9.47 Å². The predicted molar refractivity (Wildman–Crippen MR) is 97.0 cm³/mol. The van der Waals surface area contributed by atoms with Crippen molar-refractivity contribution in [2.45, 2.75) is 5.92 Å². The highest BCUT2D eigenvalue weighted by Crippen LogP contribution is 2.44. The third-order valence-electron chi connectivity index (χ3n) is 4.65. The van der Waals surface area contributed by atoms with Gasteiger partial charge in [0.05, 0.1) is 12.7 Å². The van der Waals surface area contributed by atoms with Crippen LogP contribution < -0.4 is 4.74 Å². The highest BCUT2D eigenvalue weighted by Gasteiger charge is 2.29. The van der Waals surface area contributed by atoms with Crippen molar-refractivity contribution in [2.24, 2.45) is 0 Å². The second-order valence-corrected chi connectivity index (χ2v) is 6.06. The molecule has 0 saturated heterocycles. The number of rotatable bonds is 4. The van der Waals surface area contributed by atoms with Gasteiger partial charge in [-0.25, -0.2) is 4.79 Å². The average molecular weight is 330 g/mol. The minimum Gasteiger partial charge on any atom is -0.497 e. The topological polar surface area (TPSA) is 35.5 Å². The average Bonchev–Trinajstić information content (AvgIpc) is 3.00. The molecule has 4 rings (SSSR count). The van der Waals surface area contributed by atoms with Crippen molar-refractivity contribution < 1.29 is 14.3 Å². The molecule has 0 aliphatic heterocycles. The van der Waals surface area contributed by atoms with Gasteiger partial charge in [-0.1, -0.05) is 54.6 Å². The fourth-order valence-corrected chi connectivity index (χ4v) is 3.43. The van der Waals surface area contributed by atoms with Gasteiger partial charge in [0.1, 0.15) is 12.4 Å². The highest BCUT2D eigenvalue weighted by atomic mass is 16.5. The summed E-state index contributed by atoms with van der Waals surface area (Å²) < 4.78 is 10.8. The van der Waals surface area contributed by atoms with Crippen LogP contribution >= 0.6 is 0 Å². The van der Waals surface area contributed by atoms with E-state index in [9.17, 15) is 4.79 Å². The first kappa shape index (κ1) is 15.5. The summed E-state index contributed by atoms with van der Waals surface area (Å²) >= 11 is 0. The van der Waals surface area contributed by atoms with Crippen molar-refractivity contribution in [3.8, 4) is 16.9 Å². The Morgan fingerprint density at radius 2 is 1.52 bits per heavy atom. The number of carbonyl (C=O) groups excluding carboxylic acids is 1. The van der Waals surface area contributed by atoms with E-state index >= 15 is 0 Å². The van der Waals surface area contributed by atoms with Crippen LogP contribution in [0.5, 0.6) is 5.75 Å². The molecule has 1 aliphatic carbocycles. The maximum Gasteiger partial charge on any atom is 0.338 e. The third-order valence-corrected chi connectivity index (χ3v) is 4.65. The van der Waals surface area contributed by atoms with Crippen LogP contribution in [0.4, 0.5) is 0 Å². The zero-order chi connectivity index (χ0) is 17.2. The number of benzene rings is 3. The molecular formula is C22H18O3. The van der Waals surface area contributed by atoms with E-state index < -0.39 is 0 Å². The van der Waals surface area contributed by atoms with E-state index in [2.05, 4.69) is 24.3 Å². The van der Waals surface area contributed by atoms with Crippen LogP contribution in [0.15, 0.2) is 72.8 Å². The minimum atomic E-state index is -0.333. The van der Waals surface area contributed by atoms with Gasteiger partial charge >= 0.3 is 5.97 Å². The summed E-state index contributed by atoms with van der Waals surface area (Å²) in [5, 5.41) is 0. The maximum absolute atomic E-state index is 12.4. The van der Waals surface area contributed by atoms with Crippen LogP contribution in [-0.4, -0.2) is 19.7 Å². The molecule has 3 heteroatoms. The van der Waals surface area contributed by atoms with E-state index in [4.69, 9.17) is 9.47 Å². The molecule has 3 aromatic rings. The van der Waals surface area contributed by atoms with E-state index in [0.717, 1.165) is 0 Å². The minimum absolute atomic E-state index is 0.0713. The molecule has 3 aromatic carbocycles. The Labute approximate surface area is 146 Å². The molecule has 0 radical (unpaired) electrons. The molecule has 0 atom stereocenters. The molecule has 0 unspecified atom stereocenters. The summed E-state index contributed by atoms with van der Waals surface area (Å²) in [5.74, 6) is 0.383.